The summed E-state index contributed by atoms with van der Waals surface area (Å²) in [6, 6.07) is 4.71. The molecule has 0 aliphatic heterocycles. The number of hydrazine groups is 1. The number of carbonyl (C=O) groups is 2. The highest BCUT2D eigenvalue weighted by Gasteiger charge is 2.26. The highest BCUT2D eigenvalue weighted by Crippen LogP contribution is 2.18. The van der Waals surface area contributed by atoms with Crippen molar-refractivity contribution in [1.82, 2.24) is 5.01 Å². The van der Waals surface area contributed by atoms with Crippen LogP contribution < -0.4 is 10.6 Å². The molecule has 0 atom stereocenters. The maximum atomic E-state index is 11.6. The van der Waals surface area contributed by atoms with Crippen molar-refractivity contribution in [3.05, 3.63) is 34.4 Å². The normalized spacial score (nSPS) is 10.7. The number of carbonyl (C=O) groups excluding carboxylic acids is 2. The molecule has 0 unspecified atom stereocenters. The van der Waals surface area contributed by atoms with Gasteiger partial charge in [0.25, 0.3) is 5.69 Å². The Morgan fingerprint density at radius 2 is 1.71 bits per heavy atom. The first-order valence-electron chi connectivity index (χ1n) is 5.84. The fraction of sp³-hybridized carbons (Fsp3) is 0.333. The molecule has 0 aliphatic rings. The van der Waals surface area contributed by atoms with E-state index in [1.807, 2.05) is 0 Å². The lowest BCUT2D eigenvalue weighted by Gasteiger charge is -2.22. The van der Waals surface area contributed by atoms with Crippen molar-refractivity contribution in [1.29, 1.82) is 0 Å². The molecule has 0 saturated carbocycles. The number of imide groups is 1. The average Bonchev–Trinajstić information content (AvgIpc) is 2.36. The highest BCUT2D eigenvalue weighted by molar-refractivity contribution is 5.88. The fourth-order valence-electron chi connectivity index (χ4n) is 1.17. The second kappa shape index (κ2) is 6.18. The summed E-state index contributed by atoms with van der Waals surface area (Å²) in [5, 5.41) is 10.6. The monoisotopic (exact) mass is 297 g/mol. The topological polar surface area (TPSA) is 125 Å². The lowest BCUT2D eigenvalue weighted by molar-refractivity contribution is -0.384. The Morgan fingerprint density at radius 1 is 1.19 bits per heavy atom. The molecule has 0 bridgehead atoms. The first-order chi connectivity index (χ1) is 9.60. The van der Waals surface area contributed by atoms with Gasteiger partial charge in [0.1, 0.15) is 11.4 Å². The summed E-state index contributed by atoms with van der Waals surface area (Å²) in [5.41, 5.74) is -0.978. The van der Waals surface area contributed by atoms with Gasteiger partial charge in [-0.1, -0.05) is 0 Å². The van der Waals surface area contributed by atoms with E-state index >= 15 is 0 Å². The van der Waals surface area contributed by atoms with Gasteiger partial charge in [0, 0.05) is 12.1 Å². The van der Waals surface area contributed by atoms with Crippen molar-refractivity contribution in [2.45, 2.75) is 26.4 Å². The Bertz CT molecular complexity index is 549. The minimum absolute atomic E-state index is 0.00427. The van der Waals surface area contributed by atoms with E-state index in [4.69, 9.17) is 15.3 Å². The zero-order chi connectivity index (χ0) is 16.2. The molecule has 1 aromatic carbocycles. The van der Waals surface area contributed by atoms with E-state index in [9.17, 15) is 19.7 Å². The van der Waals surface area contributed by atoms with Crippen molar-refractivity contribution >= 4 is 17.9 Å². The number of rotatable bonds is 2. The minimum atomic E-state index is -1.17. The molecule has 0 aromatic heterocycles. The van der Waals surface area contributed by atoms with Crippen molar-refractivity contribution in [3.63, 3.8) is 0 Å². The van der Waals surface area contributed by atoms with Crippen LogP contribution in [0.25, 0.3) is 0 Å². The van der Waals surface area contributed by atoms with Gasteiger partial charge < -0.3 is 9.47 Å². The molecule has 0 radical (unpaired) electrons. The molecular weight excluding hydrogens is 282 g/mol. The number of amides is 2. The minimum Gasteiger partial charge on any atom is -0.442 e. The number of hydrogen-bond acceptors (Lipinski definition) is 7. The van der Waals surface area contributed by atoms with Crippen molar-refractivity contribution in [3.8, 4) is 5.75 Å². The Balaban J connectivity index is 2.68. The van der Waals surface area contributed by atoms with Crippen LogP contribution in [0.15, 0.2) is 24.3 Å². The molecule has 0 aliphatic carbocycles. The molecule has 21 heavy (non-hydrogen) atoms. The summed E-state index contributed by atoms with van der Waals surface area (Å²) in [5.74, 6) is 5.27. The summed E-state index contributed by atoms with van der Waals surface area (Å²) >= 11 is 0. The zero-order valence-corrected chi connectivity index (χ0v) is 11.7. The summed E-state index contributed by atoms with van der Waals surface area (Å²) in [7, 11) is 0. The van der Waals surface area contributed by atoms with E-state index in [1.165, 1.54) is 12.1 Å². The van der Waals surface area contributed by atoms with Crippen LogP contribution in [0.2, 0.25) is 0 Å². The van der Waals surface area contributed by atoms with Crippen LogP contribution in [-0.4, -0.2) is 27.7 Å². The fourth-order valence-corrected chi connectivity index (χ4v) is 1.17. The van der Waals surface area contributed by atoms with E-state index in [1.54, 1.807) is 20.8 Å². The predicted octanol–water partition coefficient (Wildman–Crippen LogP) is 2.20. The van der Waals surface area contributed by atoms with Gasteiger partial charge in [0.2, 0.25) is 0 Å². The van der Waals surface area contributed by atoms with Crippen LogP contribution in [0.4, 0.5) is 15.3 Å². The first kappa shape index (κ1) is 16.4. The van der Waals surface area contributed by atoms with Crippen molar-refractivity contribution in [2.75, 3.05) is 0 Å². The van der Waals surface area contributed by atoms with Crippen molar-refractivity contribution in [2.24, 2.45) is 5.84 Å². The van der Waals surface area contributed by atoms with Gasteiger partial charge >= 0.3 is 12.2 Å². The summed E-state index contributed by atoms with van der Waals surface area (Å²) in [6.07, 6.45) is -2.24. The SMILES string of the molecule is CC(C)(C)OC(=O)N(N)C(=O)Oc1ccc([N+](=O)[O-])cc1. The summed E-state index contributed by atoms with van der Waals surface area (Å²) in [6.45, 7) is 4.83. The van der Waals surface area contributed by atoms with E-state index in [0.717, 1.165) is 12.1 Å². The Labute approximate surface area is 120 Å². The maximum absolute atomic E-state index is 11.6. The largest absolute Gasteiger partial charge is 0.442 e. The number of nitrogens with zero attached hydrogens (tertiary/aromatic N) is 2. The molecule has 0 spiro atoms. The zero-order valence-electron chi connectivity index (χ0n) is 11.7. The number of hydrogen-bond donors (Lipinski definition) is 1. The van der Waals surface area contributed by atoms with Crippen LogP contribution in [0.5, 0.6) is 5.75 Å². The molecule has 9 nitrogen and oxygen atoms in total. The van der Waals surface area contributed by atoms with Gasteiger partial charge in [0.15, 0.2) is 0 Å². The summed E-state index contributed by atoms with van der Waals surface area (Å²) in [4.78, 5) is 33.0. The second-order valence-corrected chi connectivity index (χ2v) is 4.97. The Morgan fingerprint density at radius 3 is 2.14 bits per heavy atom. The first-order valence-corrected chi connectivity index (χ1v) is 5.84. The molecule has 2 N–H and O–H groups in total. The molecule has 0 heterocycles. The molecule has 1 rings (SSSR count). The lowest BCUT2D eigenvalue weighted by Crippen LogP contribution is -2.46. The van der Waals surface area contributed by atoms with E-state index in [2.05, 4.69) is 0 Å². The van der Waals surface area contributed by atoms with Gasteiger partial charge in [-0.25, -0.2) is 15.4 Å². The third kappa shape index (κ3) is 5.07. The van der Waals surface area contributed by atoms with Crippen LogP contribution in [0, 0.1) is 10.1 Å². The van der Waals surface area contributed by atoms with Crippen molar-refractivity contribution < 1.29 is 24.0 Å². The molecule has 1 aromatic rings. The third-order valence-electron chi connectivity index (χ3n) is 2.04. The Hall–Kier alpha value is -2.68. The number of non-ortho nitro benzene ring substituents is 1. The van der Waals surface area contributed by atoms with Crippen LogP contribution in [0.3, 0.4) is 0 Å². The second-order valence-electron chi connectivity index (χ2n) is 4.97. The number of nitro benzene ring substituents is 1. The highest BCUT2D eigenvalue weighted by atomic mass is 16.6. The van der Waals surface area contributed by atoms with Gasteiger partial charge in [-0.05, 0) is 32.9 Å². The molecule has 0 fully saturated rings. The summed E-state index contributed by atoms with van der Waals surface area (Å²) < 4.78 is 9.67. The van der Waals surface area contributed by atoms with Crippen LogP contribution in [-0.2, 0) is 4.74 Å². The van der Waals surface area contributed by atoms with Gasteiger partial charge in [-0.3, -0.25) is 10.1 Å². The number of benzene rings is 1. The molecule has 2 amide bonds. The Kier molecular flexibility index (Phi) is 4.82. The lowest BCUT2D eigenvalue weighted by atomic mass is 10.2. The standard InChI is InChI=1S/C12H15N3O6/c1-12(2,3)21-11(17)14(13)10(16)20-9-6-4-8(5-7-9)15(18)19/h4-7H,13H2,1-3H3. The average molecular weight is 297 g/mol. The van der Waals surface area contributed by atoms with Crippen LogP contribution >= 0.6 is 0 Å². The number of ether oxygens (including phenoxy) is 2. The van der Waals surface area contributed by atoms with Gasteiger partial charge in [0.05, 0.1) is 4.92 Å². The number of nitro groups is 1. The molecule has 0 saturated heterocycles. The van der Waals surface area contributed by atoms with E-state index < -0.39 is 22.7 Å². The van der Waals surface area contributed by atoms with E-state index in [-0.39, 0.29) is 16.4 Å². The molecular formula is C12H15N3O6. The molecule has 9 heteroatoms. The smallest absolute Gasteiger partial charge is 0.439 e. The molecule has 114 valence electrons. The quantitative estimate of drug-likeness (QED) is 0.384. The van der Waals surface area contributed by atoms with E-state index in [0.29, 0.717) is 0 Å². The predicted molar refractivity (Wildman–Crippen MR) is 71.4 cm³/mol. The maximum Gasteiger partial charge on any atom is 0.439 e. The third-order valence-corrected chi connectivity index (χ3v) is 2.04. The van der Waals surface area contributed by atoms with Gasteiger partial charge in [-0.15, -0.1) is 5.01 Å². The van der Waals surface area contributed by atoms with Gasteiger partial charge in [-0.2, -0.15) is 0 Å². The van der Waals surface area contributed by atoms with Crippen LogP contribution in [0.1, 0.15) is 20.8 Å². The number of nitrogens with two attached hydrogens (primary N) is 1.